The molecule has 0 bridgehead atoms. The largest absolute Gasteiger partial charge is 0.351 e. The van der Waals surface area contributed by atoms with E-state index in [0.717, 1.165) is 31.0 Å². The fraction of sp³-hybridized carbons (Fsp3) is 0.688. The SMILES string of the molecule is O=C1CCN(CCC(=O)NC2CCCCC2N2C(=O)CSC2=O)C(=O)N1. The molecule has 1 aliphatic carbocycles. The van der Waals surface area contributed by atoms with Crippen LogP contribution in [0.5, 0.6) is 0 Å². The summed E-state index contributed by atoms with van der Waals surface area (Å²) < 4.78 is 0. The van der Waals surface area contributed by atoms with Crippen LogP contribution in [-0.4, -0.2) is 69.7 Å². The predicted octanol–water partition coefficient (Wildman–Crippen LogP) is 0.441. The molecule has 3 rings (SSSR count). The van der Waals surface area contributed by atoms with Crippen molar-refractivity contribution in [1.82, 2.24) is 20.4 Å². The minimum Gasteiger partial charge on any atom is -0.351 e. The Morgan fingerprint density at radius 2 is 1.96 bits per heavy atom. The van der Waals surface area contributed by atoms with E-state index in [1.54, 1.807) is 0 Å². The van der Waals surface area contributed by atoms with Gasteiger partial charge in [-0.05, 0) is 12.8 Å². The van der Waals surface area contributed by atoms with Crippen LogP contribution in [0.15, 0.2) is 0 Å². The number of thioether (sulfide) groups is 1. The van der Waals surface area contributed by atoms with Crippen LogP contribution in [0.1, 0.15) is 38.5 Å². The monoisotopic (exact) mass is 382 g/mol. The van der Waals surface area contributed by atoms with Gasteiger partial charge in [-0.15, -0.1) is 0 Å². The standard InChI is InChI=1S/C16H22N4O5S/c21-12(5-7-19-8-6-13(22)18-15(19)24)17-10-3-1-2-4-11(10)20-14(23)9-26-16(20)25/h10-11H,1-9H2,(H,17,21)(H,18,22,24). The van der Waals surface area contributed by atoms with Crippen LogP contribution >= 0.6 is 11.8 Å². The highest BCUT2D eigenvalue weighted by Crippen LogP contribution is 2.30. The van der Waals surface area contributed by atoms with Crippen molar-refractivity contribution in [2.45, 2.75) is 50.6 Å². The topological polar surface area (TPSA) is 116 Å². The zero-order valence-corrected chi connectivity index (χ0v) is 15.2. The van der Waals surface area contributed by atoms with Gasteiger partial charge >= 0.3 is 6.03 Å². The number of amides is 6. The molecule has 3 aliphatic rings. The molecule has 3 fully saturated rings. The lowest BCUT2D eigenvalue weighted by Gasteiger charge is -2.37. The molecule has 9 nitrogen and oxygen atoms in total. The van der Waals surface area contributed by atoms with Crippen molar-refractivity contribution in [3.05, 3.63) is 0 Å². The zero-order chi connectivity index (χ0) is 18.7. The van der Waals surface area contributed by atoms with Crippen molar-refractivity contribution in [3.8, 4) is 0 Å². The van der Waals surface area contributed by atoms with E-state index in [2.05, 4.69) is 10.6 Å². The van der Waals surface area contributed by atoms with Crippen LogP contribution in [0.2, 0.25) is 0 Å². The van der Waals surface area contributed by atoms with E-state index < -0.39 is 6.03 Å². The Bertz CT molecular complexity index is 624. The third-order valence-corrected chi connectivity index (χ3v) is 5.78. The van der Waals surface area contributed by atoms with E-state index in [0.29, 0.717) is 13.0 Å². The summed E-state index contributed by atoms with van der Waals surface area (Å²) >= 11 is 1.00. The van der Waals surface area contributed by atoms with Gasteiger partial charge < -0.3 is 10.2 Å². The maximum Gasteiger partial charge on any atom is 0.324 e. The Balaban J connectivity index is 1.53. The average molecular weight is 382 g/mol. The summed E-state index contributed by atoms with van der Waals surface area (Å²) in [5.41, 5.74) is 0. The molecule has 26 heavy (non-hydrogen) atoms. The number of carbonyl (C=O) groups is 5. The third kappa shape index (κ3) is 4.17. The first-order valence-corrected chi connectivity index (χ1v) is 9.81. The molecule has 0 aromatic rings. The molecule has 2 heterocycles. The average Bonchev–Trinajstić information content (AvgIpc) is 2.93. The molecule has 0 radical (unpaired) electrons. The quantitative estimate of drug-likeness (QED) is 0.713. The third-order valence-electron chi connectivity index (χ3n) is 4.94. The van der Waals surface area contributed by atoms with E-state index >= 15 is 0 Å². The van der Waals surface area contributed by atoms with Gasteiger partial charge in [-0.2, -0.15) is 0 Å². The molecular formula is C16H22N4O5S. The van der Waals surface area contributed by atoms with Gasteiger partial charge in [0.25, 0.3) is 5.24 Å². The molecule has 2 aliphatic heterocycles. The van der Waals surface area contributed by atoms with Crippen LogP contribution in [0, 0.1) is 0 Å². The molecule has 2 atom stereocenters. The van der Waals surface area contributed by atoms with Crippen LogP contribution in [0.4, 0.5) is 9.59 Å². The number of nitrogens with zero attached hydrogens (tertiary/aromatic N) is 2. The molecule has 142 valence electrons. The number of imide groups is 2. The molecule has 2 N–H and O–H groups in total. The molecule has 0 spiro atoms. The molecule has 0 aromatic carbocycles. The Hall–Kier alpha value is -2.10. The molecule has 0 aromatic heterocycles. The fourth-order valence-electron chi connectivity index (χ4n) is 3.60. The summed E-state index contributed by atoms with van der Waals surface area (Å²) in [5, 5.41) is 4.91. The van der Waals surface area contributed by atoms with Gasteiger partial charge in [0.2, 0.25) is 17.7 Å². The molecule has 6 amide bonds. The molecule has 2 saturated heterocycles. The van der Waals surface area contributed by atoms with Crippen LogP contribution in [0.3, 0.4) is 0 Å². The van der Waals surface area contributed by atoms with Crippen molar-refractivity contribution in [2.24, 2.45) is 0 Å². The second kappa shape index (κ2) is 8.07. The zero-order valence-electron chi connectivity index (χ0n) is 14.4. The maximum atomic E-state index is 12.3. The molecule has 2 unspecified atom stereocenters. The van der Waals surface area contributed by atoms with E-state index in [9.17, 15) is 24.0 Å². The summed E-state index contributed by atoms with van der Waals surface area (Å²) in [4.78, 5) is 61.9. The Labute approximate surface area is 155 Å². The van der Waals surface area contributed by atoms with Crippen LogP contribution < -0.4 is 10.6 Å². The first kappa shape index (κ1) is 18.7. The van der Waals surface area contributed by atoms with Crippen molar-refractivity contribution in [1.29, 1.82) is 0 Å². The van der Waals surface area contributed by atoms with Gasteiger partial charge in [0.05, 0.1) is 11.8 Å². The van der Waals surface area contributed by atoms with Crippen molar-refractivity contribution >= 4 is 40.8 Å². The molecular weight excluding hydrogens is 360 g/mol. The fourth-order valence-corrected chi connectivity index (χ4v) is 4.36. The normalized spacial score (nSPS) is 26.9. The van der Waals surface area contributed by atoms with Gasteiger partial charge in [-0.25, -0.2) is 4.79 Å². The van der Waals surface area contributed by atoms with Crippen molar-refractivity contribution in [2.75, 3.05) is 18.8 Å². The van der Waals surface area contributed by atoms with Gasteiger partial charge in [0.1, 0.15) is 0 Å². The maximum absolute atomic E-state index is 12.3. The Kier molecular flexibility index (Phi) is 5.80. The van der Waals surface area contributed by atoms with E-state index in [-0.39, 0.29) is 60.2 Å². The first-order chi connectivity index (χ1) is 12.5. The number of rotatable bonds is 5. The summed E-state index contributed by atoms with van der Waals surface area (Å²) in [6.45, 7) is 0.526. The van der Waals surface area contributed by atoms with Gasteiger partial charge in [0, 0.05) is 32.0 Å². The number of carbonyl (C=O) groups excluding carboxylic acids is 5. The second-order valence-electron chi connectivity index (χ2n) is 6.68. The first-order valence-electron chi connectivity index (χ1n) is 8.82. The van der Waals surface area contributed by atoms with Crippen molar-refractivity contribution < 1.29 is 24.0 Å². The minimum absolute atomic E-state index is 0.113. The van der Waals surface area contributed by atoms with Gasteiger partial charge in [-0.3, -0.25) is 29.4 Å². The van der Waals surface area contributed by atoms with E-state index in [1.165, 1.54) is 9.80 Å². The highest BCUT2D eigenvalue weighted by atomic mass is 32.2. The predicted molar refractivity (Wildman–Crippen MR) is 93.2 cm³/mol. The lowest BCUT2D eigenvalue weighted by Crippen LogP contribution is -2.55. The van der Waals surface area contributed by atoms with Crippen LogP contribution in [0.25, 0.3) is 0 Å². The summed E-state index contributed by atoms with van der Waals surface area (Å²) in [6, 6.07) is -1.02. The summed E-state index contributed by atoms with van der Waals surface area (Å²) in [7, 11) is 0. The lowest BCUT2D eigenvalue weighted by molar-refractivity contribution is -0.129. The second-order valence-corrected chi connectivity index (χ2v) is 7.61. The smallest absolute Gasteiger partial charge is 0.324 e. The Morgan fingerprint density at radius 1 is 1.19 bits per heavy atom. The van der Waals surface area contributed by atoms with Gasteiger partial charge in [-0.1, -0.05) is 24.6 Å². The minimum atomic E-state index is -0.477. The summed E-state index contributed by atoms with van der Waals surface area (Å²) in [5.74, 6) is -0.559. The number of hydrogen-bond donors (Lipinski definition) is 2. The van der Waals surface area contributed by atoms with Crippen LogP contribution in [-0.2, 0) is 14.4 Å². The van der Waals surface area contributed by atoms with E-state index in [1.807, 2.05) is 0 Å². The number of urea groups is 1. The number of nitrogens with one attached hydrogen (secondary N) is 2. The van der Waals surface area contributed by atoms with Crippen molar-refractivity contribution in [3.63, 3.8) is 0 Å². The highest BCUT2D eigenvalue weighted by molar-refractivity contribution is 8.14. The van der Waals surface area contributed by atoms with E-state index in [4.69, 9.17) is 0 Å². The lowest BCUT2D eigenvalue weighted by atomic mass is 9.89. The Morgan fingerprint density at radius 3 is 2.65 bits per heavy atom. The summed E-state index contributed by atoms with van der Waals surface area (Å²) in [6.07, 6.45) is 3.61. The highest BCUT2D eigenvalue weighted by Gasteiger charge is 2.41. The molecule has 1 saturated carbocycles. The molecule has 10 heteroatoms. The number of hydrogen-bond acceptors (Lipinski definition) is 6. The van der Waals surface area contributed by atoms with Gasteiger partial charge in [0.15, 0.2) is 0 Å².